The predicted molar refractivity (Wildman–Crippen MR) is 109 cm³/mol. The van der Waals surface area contributed by atoms with Crippen LogP contribution in [0.5, 0.6) is 0 Å². The number of methoxy groups -OCH3 is 1. The summed E-state index contributed by atoms with van der Waals surface area (Å²) in [6.07, 6.45) is -10.3. The highest BCUT2D eigenvalue weighted by Crippen LogP contribution is 2.36. The molecule has 0 saturated carbocycles. The molecule has 10 heteroatoms. The van der Waals surface area contributed by atoms with Gasteiger partial charge < -0.3 is 10.1 Å². The summed E-state index contributed by atoms with van der Waals surface area (Å²) in [5, 5.41) is 2.19. The molecule has 1 atom stereocenters. The first-order chi connectivity index (χ1) is 15.0. The monoisotopic (exact) mass is 475 g/mol. The van der Waals surface area contributed by atoms with Crippen LogP contribution in [0.15, 0.2) is 42.5 Å². The Morgan fingerprint density at radius 2 is 1.33 bits per heavy atom. The minimum Gasteiger partial charge on any atom is -0.467 e. The van der Waals surface area contributed by atoms with Gasteiger partial charge in [0.15, 0.2) is 0 Å². The minimum absolute atomic E-state index is 0.0755. The van der Waals surface area contributed by atoms with Gasteiger partial charge in [-0.3, -0.25) is 4.79 Å². The number of amides is 1. The molecule has 0 aromatic heterocycles. The lowest BCUT2D eigenvalue weighted by Gasteiger charge is -2.21. The molecule has 180 valence electrons. The van der Waals surface area contributed by atoms with Crippen molar-refractivity contribution in [2.45, 2.75) is 51.0 Å². The summed E-state index contributed by atoms with van der Waals surface area (Å²) >= 11 is 0. The molecule has 33 heavy (non-hydrogen) atoms. The molecule has 2 rings (SSSR count). The third-order valence-corrected chi connectivity index (χ3v) is 4.90. The highest BCUT2D eigenvalue weighted by Gasteiger charge is 2.38. The zero-order chi connectivity index (χ0) is 25.2. The van der Waals surface area contributed by atoms with Crippen molar-refractivity contribution in [2.24, 2.45) is 0 Å². The molecule has 0 radical (unpaired) electrons. The van der Waals surface area contributed by atoms with Crippen LogP contribution in [0.25, 0.3) is 0 Å². The SMILES string of the molecule is COC(=O)[C@@H](Cc1ccc(C(C)(C)C)cc1)NC(=O)c1cc(C(F)(F)F)cc(C(F)(F)F)c1. The number of alkyl halides is 6. The number of hydrogen-bond acceptors (Lipinski definition) is 3. The van der Waals surface area contributed by atoms with E-state index in [-0.39, 0.29) is 17.9 Å². The van der Waals surface area contributed by atoms with E-state index in [2.05, 4.69) is 10.1 Å². The van der Waals surface area contributed by atoms with E-state index in [1.165, 1.54) is 0 Å². The maximum absolute atomic E-state index is 13.1. The molecule has 4 nitrogen and oxygen atoms in total. The van der Waals surface area contributed by atoms with Gasteiger partial charge in [0.05, 0.1) is 18.2 Å². The Hall–Kier alpha value is -3.04. The van der Waals surface area contributed by atoms with Crippen LogP contribution in [0.3, 0.4) is 0 Å². The number of esters is 1. The van der Waals surface area contributed by atoms with Crippen LogP contribution in [-0.2, 0) is 33.7 Å². The summed E-state index contributed by atoms with van der Waals surface area (Å²) < 4.78 is 83.1. The first-order valence-electron chi connectivity index (χ1n) is 9.80. The van der Waals surface area contributed by atoms with Gasteiger partial charge in [-0.2, -0.15) is 26.3 Å². The first kappa shape index (κ1) is 26.2. The van der Waals surface area contributed by atoms with Gasteiger partial charge in [0.2, 0.25) is 0 Å². The number of rotatable bonds is 5. The van der Waals surface area contributed by atoms with Crippen molar-refractivity contribution in [3.05, 3.63) is 70.3 Å². The molecule has 0 spiro atoms. The van der Waals surface area contributed by atoms with E-state index in [9.17, 15) is 35.9 Å². The van der Waals surface area contributed by atoms with E-state index >= 15 is 0 Å². The number of nitrogens with one attached hydrogen (secondary N) is 1. The normalized spacial score (nSPS) is 13.4. The van der Waals surface area contributed by atoms with Gasteiger partial charge in [-0.05, 0) is 34.7 Å². The Balaban J connectivity index is 2.34. The third kappa shape index (κ3) is 6.97. The van der Waals surface area contributed by atoms with Crippen LogP contribution in [0.2, 0.25) is 0 Å². The molecule has 2 aromatic rings. The fraction of sp³-hybridized carbons (Fsp3) is 0.391. The quantitative estimate of drug-likeness (QED) is 0.457. The molecule has 0 saturated heterocycles. The third-order valence-electron chi connectivity index (χ3n) is 4.90. The molecular weight excluding hydrogens is 452 g/mol. The second kappa shape index (κ2) is 9.44. The smallest absolute Gasteiger partial charge is 0.416 e. The van der Waals surface area contributed by atoms with E-state index in [4.69, 9.17) is 0 Å². The van der Waals surface area contributed by atoms with Crippen molar-refractivity contribution in [2.75, 3.05) is 7.11 Å². The van der Waals surface area contributed by atoms with Crippen molar-refractivity contribution in [1.29, 1.82) is 0 Å². The van der Waals surface area contributed by atoms with Gasteiger partial charge >= 0.3 is 18.3 Å². The highest BCUT2D eigenvalue weighted by molar-refractivity contribution is 5.97. The standard InChI is InChI=1S/C23H23F6NO3/c1-21(2,3)15-7-5-13(6-8-15)9-18(20(32)33-4)30-19(31)14-10-16(22(24,25)26)12-17(11-14)23(27,28)29/h5-8,10-12,18H,9H2,1-4H3,(H,30,31)/t18-/m1/s1. The zero-order valence-electron chi connectivity index (χ0n) is 18.3. The predicted octanol–water partition coefficient (Wildman–Crippen LogP) is 5.54. The van der Waals surface area contributed by atoms with E-state index in [1.807, 2.05) is 32.9 Å². The van der Waals surface area contributed by atoms with E-state index in [1.54, 1.807) is 12.1 Å². The lowest BCUT2D eigenvalue weighted by Crippen LogP contribution is -2.43. The Bertz CT molecular complexity index is 973. The summed E-state index contributed by atoms with van der Waals surface area (Å²) in [5.74, 6) is -2.17. The van der Waals surface area contributed by atoms with Gasteiger partial charge in [-0.25, -0.2) is 4.79 Å². The minimum atomic E-state index is -5.10. The van der Waals surface area contributed by atoms with E-state index in [0.717, 1.165) is 12.7 Å². The number of benzene rings is 2. The van der Waals surface area contributed by atoms with E-state index < -0.39 is 47.0 Å². The van der Waals surface area contributed by atoms with Crippen LogP contribution in [0.1, 0.15) is 53.4 Å². The van der Waals surface area contributed by atoms with Crippen LogP contribution in [0, 0.1) is 0 Å². The van der Waals surface area contributed by atoms with Crippen molar-refractivity contribution >= 4 is 11.9 Å². The lowest BCUT2D eigenvalue weighted by atomic mass is 9.86. The summed E-state index contributed by atoms with van der Waals surface area (Å²) in [6.45, 7) is 6.01. The molecule has 1 amide bonds. The molecule has 0 aliphatic carbocycles. The number of carbonyl (C=O) groups is 2. The highest BCUT2D eigenvalue weighted by atomic mass is 19.4. The maximum atomic E-state index is 13.1. The van der Waals surface area contributed by atoms with Gasteiger partial charge in [0, 0.05) is 12.0 Å². The van der Waals surface area contributed by atoms with Crippen LogP contribution >= 0.6 is 0 Å². The molecule has 2 aromatic carbocycles. The molecule has 0 aliphatic rings. The second-order valence-electron chi connectivity index (χ2n) is 8.49. The Morgan fingerprint density at radius 1 is 0.848 bits per heavy atom. The second-order valence-corrected chi connectivity index (χ2v) is 8.49. The summed E-state index contributed by atoms with van der Waals surface area (Å²) in [5.41, 5.74) is -2.65. The molecule has 1 N–H and O–H groups in total. The van der Waals surface area contributed by atoms with Crippen molar-refractivity contribution < 1.29 is 40.7 Å². The first-order valence-corrected chi connectivity index (χ1v) is 9.80. The lowest BCUT2D eigenvalue weighted by molar-refractivity contribution is -0.144. The van der Waals surface area contributed by atoms with Gasteiger partial charge in [0.25, 0.3) is 5.91 Å². The van der Waals surface area contributed by atoms with Crippen LogP contribution in [-0.4, -0.2) is 25.0 Å². The van der Waals surface area contributed by atoms with Gasteiger partial charge in [0.1, 0.15) is 6.04 Å². The van der Waals surface area contributed by atoms with Crippen molar-refractivity contribution in [3.8, 4) is 0 Å². The fourth-order valence-electron chi connectivity index (χ4n) is 3.04. The zero-order valence-corrected chi connectivity index (χ0v) is 18.3. The van der Waals surface area contributed by atoms with Crippen molar-refractivity contribution in [3.63, 3.8) is 0 Å². The largest absolute Gasteiger partial charge is 0.467 e. The summed E-state index contributed by atoms with van der Waals surface area (Å²) in [4.78, 5) is 24.7. The average Bonchev–Trinajstić information content (AvgIpc) is 2.70. The topological polar surface area (TPSA) is 55.4 Å². The molecule has 0 unspecified atom stereocenters. The number of ether oxygens (including phenoxy) is 1. The number of hydrogen-bond donors (Lipinski definition) is 1. The summed E-state index contributed by atoms with van der Waals surface area (Å²) in [7, 11) is 1.05. The molecule has 0 heterocycles. The Morgan fingerprint density at radius 3 is 1.73 bits per heavy atom. The van der Waals surface area contributed by atoms with Crippen LogP contribution < -0.4 is 5.32 Å². The molecule has 0 fully saturated rings. The average molecular weight is 475 g/mol. The molecule has 0 aliphatic heterocycles. The van der Waals surface area contributed by atoms with Crippen molar-refractivity contribution in [1.82, 2.24) is 5.32 Å². The number of carbonyl (C=O) groups excluding carboxylic acids is 2. The number of halogens is 6. The Kier molecular flexibility index (Phi) is 7.50. The van der Waals surface area contributed by atoms with Crippen LogP contribution in [0.4, 0.5) is 26.3 Å². The maximum Gasteiger partial charge on any atom is 0.416 e. The summed E-state index contributed by atoms with van der Waals surface area (Å²) in [6, 6.07) is 6.29. The Labute approximate surface area is 186 Å². The van der Waals surface area contributed by atoms with E-state index in [0.29, 0.717) is 17.7 Å². The van der Waals surface area contributed by atoms with Gasteiger partial charge in [-0.1, -0.05) is 45.0 Å². The van der Waals surface area contributed by atoms with Gasteiger partial charge in [-0.15, -0.1) is 0 Å². The molecule has 0 bridgehead atoms. The molecular formula is C23H23F6NO3. The fourth-order valence-corrected chi connectivity index (χ4v) is 3.04.